The minimum absolute atomic E-state index is 0.790. The molecule has 102 valence electrons. The summed E-state index contributed by atoms with van der Waals surface area (Å²) in [6.07, 6.45) is 1.10. The fourth-order valence-electron chi connectivity index (χ4n) is 2.13. The van der Waals surface area contributed by atoms with E-state index in [2.05, 4.69) is 56.3 Å². The predicted octanol–water partition coefficient (Wildman–Crippen LogP) is 1.94. The number of rotatable bonds is 8. The summed E-state index contributed by atoms with van der Waals surface area (Å²) in [5.74, 6) is 0. The van der Waals surface area contributed by atoms with Gasteiger partial charge in [-0.2, -0.15) is 0 Å². The average Bonchev–Trinajstić information content (AvgIpc) is 2.38. The zero-order valence-corrected chi connectivity index (χ0v) is 12.1. The number of likely N-dealkylation sites (N-methyl/N-ethyl adjacent to an activating group) is 2. The first-order valence-electron chi connectivity index (χ1n) is 6.91. The first kappa shape index (κ1) is 15.0. The predicted molar refractivity (Wildman–Crippen MR) is 79.8 cm³/mol. The number of hydrogen-bond donors (Lipinski definition) is 1. The van der Waals surface area contributed by atoms with Crippen LogP contribution in [0, 0.1) is 0 Å². The van der Waals surface area contributed by atoms with Crippen molar-refractivity contribution < 1.29 is 4.48 Å². The topological polar surface area (TPSA) is 29.3 Å². The van der Waals surface area contributed by atoms with Crippen LogP contribution in [0.1, 0.15) is 13.3 Å². The standard InChI is InChI=1S/C15H28N3/c1-4-17(15-9-6-5-7-10-15)12-14-18(2,3)13-8-11-16/h5-7,9-10H,4,8,11-14,16H2,1-3H3/q+1. The van der Waals surface area contributed by atoms with Gasteiger partial charge in [-0.05, 0) is 25.6 Å². The normalized spacial score (nSPS) is 11.6. The maximum atomic E-state index is 5.59. The summed E-state index contributed by atoms with van der Waals surface area (Å²) in [5.41, 5.74) is 6.91. The van der Waals surface area contributed by atoms with E-state index in [4.69, 9.17) is 5.73 Å². The highest BCUT2D eigenvalue weighted by atomic mass is 15.3. The molecule has 2 N–H and O–H groups in total. The zero-order chi connectivity index (χ0) is 13.4. The minimum Gasteiger partial charge on any atom is -0.366 e. The molecule has 0 unspecified atom stereocenters. The van der Waals surface area contributed by atoms with Gasteiger partial charge in [-0.1, -0.05) is 18.2 Å². The molecule has 3 heteroatoms. The molecule has 0 aliphatic heterocycles. The molecular weight excluding hydrogens is 222 g/mol. The SMILES string of the molecule is CCN(CC[N+](C)(C)CCCN)c1ccccc1. The van der Waals surface area contributed by atoms with Gasteiger partial charge < -0.3 is 15.1 Å². The minimum atomic E-state index is 0.790. The van der Waals surface area contributed by atoms with E-state index in [1.165, 1.54) is 5.69 Å². The first-order chi connectivity index (χ1) is 8.59. The molecule has 0 atom stereocenters. The van der Waals surface area contributed by atoms with Gasteiger partial charge in [0.15, 0.2) is 0 Å². The van der Waals surface area contributed by atoms with Crippen LogP contribution in [0.5, 0.6) is 0 Å². The van der Waals surface area contributed by atoms with Crippen LogP contribution < -0.4 is 10.6 Å². The summed E-state index contributed by atoms with van der Waals surface area (Å²) in [5, 5.41) is 0. The lowest BCUT2D eigenvalue weighted by molar-refractivity contribution is -0.888. The second-order valence-electron chi connectivity index (χ2n) is 5.44. The third-order valence-electron chi connectivity index (χ3n) is 3.45. The molecule has 1 rings (SSSR count). The molecule has 1 aromatic rings. The molecule has 0 bridgehead atoms. The third kappa shape index (κ3) is 5.07. The lowest BCUT2D eigenvalue weighted by atomic mass is 10.2. The van der Waals surface area contributed by atoms with Crippen LogP contribution in [0.4, 0.5) is 5.69 Å². The number of anilines is 1. The Labute approximate surface area is 112 Å². The summed E-state index contributed by atoms with van der Waals surface area (Å²) in [7, 11) is 4.57. The van der Waals surface area contributed by atoms with Crippen LogP contribution in [0.15, 0.2) is 30.3 Å². The van der Waals surface area contributed by atoms with Crippen molar-refractivity contribution in [3.63, 3.8) is 0 Å². The second-order valence-corrected chi connectivity index (χ2v) is 5.44. The quantitative estimate of drug-likeness (QED) is 0.715. The molecule has 0 radical (unpaired) electrons. The van der Waals surface area contributed by atoms with Gasteiger partial charge in [0.2, 0.25) is 0 Å². The second kappa shape index (κ2) is 7.39. The molecule has 0 heterocycles. The summed E-state index contributed by atoms with van der Waals surface area (Å²) in [6, 6.07) is 10.6. The Morgan fingerprint density at radius 1 is 1.11 bits per heavy atom. The van der Waals surface area contributed by atoms with Crippen molar-refractivity contribution in [2.75, 3.05) is 51.7 Å². The molecule has 0 amide bonds. The van der Waals surface area contributed by atoms with Gasteiger partial charge in [-0.25, -0.2) is 0 Å². The Morgan fingerprint density at radius 3 is 2.33 bits per heavy atom. The Balaban J connectivity index is 2.49. The number of quaternary nitrogens is 1. The maximum absolute atomic E-state index is 5.59. The first-order valence-corrected chi connectivity index (χ1v) is 6.91. The van der Waals surface area contributed by atoms with Crippen molar-refractivity contribution in [2.45, 2.75) is 13.3 Å². The van der Waals surface area contributed by atoms with Gasteiger partial charge in [-0.15, -0.1) is 0 Å². The van der Waals surface area contributed by atoms with Crippen LogP contribution in [-0.4, -0.2) is 51.3 Å². The zero-order valence-electron chi connectivity index (χ0n) is 12.1. The van der Waals surface area contributed by atoms with Crippen LogP contribution in [-0.2, 0) is 0 Å². The molecule has 0 saturated carbocycles. The van der Waals surface area contributed by atoms with Crippen molar-refractivity contribution >= 4 is 5.69 Å². The Bertz CT molecular complexity index is 322. The molecule has 1 aromatic carbocycles. The van der Waals surface area contributed by atoms with Crippen molar-refractivity contribution in [3.8, 4) is 0 Å². The summed E-state index contributed by atoms with van der Waals surface area (Å²) < 4.78 is 1.04. The summed E-state index contributed by atoms with van der Waals surface area (Å²) >= 11 is 0. The number of hydrogen-bond acceptors (Lipinski definition) is 2. The van der Waals surface area contributed by atoms with Crippen LogP contribution in [0.2, 0.25) is 0 Å². The van der Waals surface area contributed by atoms with Crippen molar-refractivity contribution in [1.29, 1.82) is 0 Å². The van der Waals surface area contributed by atoms with Gasteiger partial charge in [0.1, 0.15) is 0 Å². The van der Waals surface area contributed by atoms with Crippen LogP contribution >= 0.6 is 0 Å². The lowest BCUT2D eigenvalue weighted by Gasteiger charge is -2.33. The highest BCUT2D eigenvalue weighted by Gasteiger charge is 2.15. The number of nitrogens with zero attached hydrogens (tertiary/aromatic N) is 2. The van der Waals surface area contributed by atoms with Crippen LogP contribution in [0.25, 0.3) is 0 Å². The fraction of sp³-hybridized carbons (Fsp3) is 0.600. The Hall–Kier alpha value is -1.06. The van der Waals surface area contributed by atoms with E-state index < -0.39 is 0 Å². The van der Waals surface area contributed by atoms with Gasteiger partial charge in [-0.3, -0.25) is 0 Å². The highest BCUT2D eigenvalue weighted by molar-refractivity contribution is 5.45. The van der Waals surface area contributed by atoms with Gasteiger partial charge >= 0.3 is 0 Å². The molecule has 0 aromatic heterocycles. The summed E-state index contributed by atoms with van der Waals surface area (Å²) in [6.45, 7) is 7.47. The third-order valence-corrected chi connectivity index (χ3v) is 3.45. The number of benzene rings is 1. The molecule has 18 heavy (non-hydrogen) atoms. The van der Waals surface area contributed by atoms with E-state index in [1.807, 2.05) is 0 Å². The fourth-order valence-corrected chi connectivity index (χ4v) is 2.13. The van der Waals surface area contributed by atoms with E-state index in [0.717, 1.165) is 43.6 Å². The molecule has 0 fully saturated rings. The van der Waals surface area contributed by atoms with Gasteiger partial charge in [0.25, 0.3) is 0 Å². The molecular formula is C15H28N3+. The Kier molecular flexibility index (Phi) is 6.16. The van der Waals surface area contributed by atoms with Gasteiger partial charge in [0, 0.05) is 18.7 Å². The van der Waals surface area contributed by atoms with E-state index in [9.17, 15) is 0 Å². The van der Waals surface area contributed by atoms with E-state index in [-0.39, 0.29) is 0 Å². The van der Waals surface area contributed by atoms with E-state index in [1.54, 1.807) is 0 Å². The smallest absolute Gasteiger partial charge is 0.0960 e. The lowest BCUT2D eigenvalue weighted by Crippen LogP contribution is -2.46. The molecule has 3 nitrogen and oxygen atoms in total. The van der Waals surface area contributed by atoms with Crippen molar-refractivity contribution in [3.05, 3.63) is 30.3 Å². The van der Waals surface area contributed by atoms with Crippen molar-refractivity contribution in [1.82, 2.24) is 0 Å². The molecule has 0 aliphatic rings. The van der Waals surface area contributed by atoms with Crippen LogP contribution in [0.3, 0.4) is 0 Å². The monoisotopic (exact) mass is 250 g/mol. The average molecular weight is 250 g/mol. The maximum Gasteiger partial charge on any atom is 0.0960 e. The van der Waals surface area contributed by atoms with E-state index in [0.29, 0.717) is 0 Å². The van der Waals surface area contributed by atoms with Crippen molar-refractivity contribution in [2.24, 2.45) is 5.73 Å². The largest absolute Gasteiger partial charge is 0.366 e. The Morgan fingerprint density at radius 2 is 1.78 bits per heavy atom. The number of para-hydroxylation sites is 1. The molecule has 0 spiro atoms. The van der Waals surface area contributed by atoms with Gasteiger partial charge in [0.05, 0.1) is 33.7 Å². The highest BCUT2D eigenvalue weighted by Crippen LogP contribution is 2.13. The number of nitrogens with two attached hydrogens (primary N) is 1. The molecule has 0 aliphatic carbocycles. The van der Waals surface area contributed by atoms with E-state index >= 15 is 0 Å². The summed E-state index contributed by atoms with van der Waals surface area (Å²) in [4.78, 5) is 2.43. The molecule has 0 saturated heterocycles.